The summed E-state index contributed by atoms with van der Waals surface area (Å²) in [7, 11) is 0. The lowest BCUT2D eigenvalue weighted by Crippen LogP contribution is -2.23. The van der Waals surface area contributed by atoms with E-state index >= 15 is 0 Å². The Morgan fingerprint density at radius 2 is 2.06 bits per heavy atom. The predicted octanol–water partition coefficient (Wildman–Crippen LogP) is 2.34. The molecule has 1 atom stereocenters. The first-order chi connectivity index (χ1) is 8.19. The minimum atomic E-state index is -4.89. The van der Waals surface area contributed by atoms with Crippen molar-refractivity contribution in [2.45, 2.75) is 18.9 Å². The van der Waals surface area contributed by atoms with Crippen LogP contribution in [0.15, 0.2) is 22.7 Å². The average molecular weight is 329 g/mol. The number of halogens is 4. The van der Waals surface area contributed by atoms with Gasteiger partial charge in [-0.1, -0.05) is 22.0 Å². The largest absolute Gasteiger partial charge is 0.573 e. The van der Waals surface area contributed by atoms with Crippen LogP contribution in [-0.2, 0) is 11.2 Å². The normalized spacial score (nSPS) is 13.2. The van der Waals surface area contributed by atoms with Crippen molar-refractivity contribution in [3.63, 3.8) is 0 Å². The Labute approximate surface area is 108 Å². The van der Waals surface area contributed by atoms with Crippen LogP contribution in [0, 0.1) is 0 Å². The molecule has 0 radical (unpaired) electrons. The minimum Gasteiger partial charge on any atom is -0.479 e. The Morgan fingerprint density at radius 1 is 1.44 bits per heavy atom. The highest BCUT2D eigenvalue weighted by molar-refractivity contribution is 9.10. The van der Waals surface area contributed by atoms with Crippen LogP contribution < -0.4 is 4.74 Å². The molecule has 0 spiro atoms. The van der Waals surface area contributed by atoms with Crippen LogP contribution in [0.5, 0.6) is 5.75 Å². The molecule has 0 aromatic heterocycles. The van der Waals surface area contributed by atoms with Crippen molar-refractivity contribution in [2.75, 3.05) is 0 Å². The standard InChI is InChI=1S/C10H8BrF3O4/c11-6-2-1-5(3-7(15)9(16)17)8(4-6)18-10(12,13)14/h1-2,4,7,15H,3H2,(H,16,17). The minimum absolute atomic E-state index is 0.0505. The number of carboxylic acids is 1. The van der Waals surface area contributed by atoms with Crippen LogP contribution in [0.2, 0.25) is 0 Å². The topological polar surface area (TPSA) is 66.8 Å². The number of ether oxygens (including phenoxy) is 1. The second kappa shape index (κ2) is 5.57. The van der Waals surface area contributed by atoms with Gasteiger partial charge >= 0.3 is 12.3 Å². The summed E-state index contributed by atoms with van der Waals surface area (Å²) >= 11 is 2.97. The Hall–Kier alpha value is -1.28. The molecule has 4 nitrogen and oxygen atoms in total. The summed E-state index contributed by atoms with van der Waals surface area (Å²) < 4.78 is 40.5. The summed E-state index contributed by atoms with van der Waals surface area (Å²) in [4.78, 5) is 10.4. The van der Waals surface area contributed by atoms with Crippen LogP contribution >= 0.6 is 15.9 Å². The van der Waals surface area contributed by atoms with Gasteiger partial charge in [-0.15, -0.1) is 13.2 Å². The van der Waals surface area contributed by atoms with E-state index in [2.05, 4.69) is 20.7 Å². The maximum atomic E-state index is 12.1. The van der Waals surface area contributed by atoms with Crippen molar-refractivity contribution < 1.29 is 32.9 Å². The Kier molecular flexibility index (Phi) is 4.58. The number of carbonyl (C=O) groups is 1. The van der Waals surface area contributed by atoms with E-state index in [0.29, 0.717) is 4.47 Å². The van der Waals surface area contributed by atoms with Crippen LogP contribution in [0.25, 0.3) is 0 Å². The third kappa shape index (κ3) is 4.53. The summed E-state index contributed by atoms with van der Waals surface area (Å²) in [6.07, 6.45) is -7.15. The highest BCUT2D eigenvalue weighted by atomic mass is 79.9. The summed E-state index contributed by atoms with van der Waals surface area (Å²) in [5.74, 6) is -2.06. The van der Waals surface area contributed by atoms with Crippen LogP contribution in [0.3, 0.4) is 0 Å². The van der Waals surface area contributed by atoms with E-state index in [1.807, 2.05) is 0 Å². The van der Waals surface area contributed by atoms with Gasteiger partial charge in [0.15, 0.2) is 6.10 Å². The third-order valence-corrected chi connectivity index (χ3v) is 2.45. The maximum absolute atomic E-state index is 12.1. The van der Waals surface area contributed by atoms with Gasteiger partial charge in [0.05, 0.1) is 0 Å². The fourth-order valence-corrected chi connectivity index (χ4v) is 1.55. The molecule has 2 N–H and O–H groups in total. The lowest BCUT2D eigenvalue weighted by Gasteiger charge is -2.14. The van der Waals surface area contributed by atoms with E-state index in [4.69, 9.17) is 10.2 Å². The number of alkyl halides is 3. The van der Waals surface area contributed by atoms with Crippen molar-refractivity contribution in [3.05, 3.63) is 28.2 Å². The van der Waals surface area contributed by atoms with Crippen LogP contribution in [0.4, 0.5) is 13.2 Å². The molecule has 0 aliphatic rings. The lowest BCUT2D eigenvalue weighted by molar-refractivity contribution is -0.275. The Balaban J connectivity index is 3.00. The van der Waals surface area contributed by atoms with E-state index in [1.54, 1.807) is 0 Å². The highest BCUT2D eigenvalue weighted by Gasteiger charge is 2.32. The van der Waals surface area contributed by atoms with Gasteiger partial charge in [0.1, 0.15) is 5.75 Å². The molecule has 0 aliphatic heterocycles. The molecule has 0 saturated carbocycles. The molecule has 0 fully saturated rings. The number of hydrogen-bond acceptors (Lipinski definition) is 3. The zero-order valence-electron chi connectivity index (χ0n) is 8.74. The molecule has 0 aliphatic carbocycles. The zero-order chi connectivity index (χ0) is 13.9. The van der Waals surface area contributed by atoms with Gasteiger partial charge in [0.2, 0.25) is 0 Å². The number of carboxylic acid groups (broad SMARTS) is 1. The number of rotatable bonds is 4. The number of aliphatic hydroxyl groups is 1. The second-order valence-electron chi connectivity index (χ2n) is 3.36. The van der Waals surface area contributed by atoms with E-state index < -0.39 is 30.6 Å². The highest BCUT2D eigenvalue weighted by Crippen LogP contribution is 2.30. The molecule has 0 amide bonds. The van der Waals surface area contributed by atoms with E-state index in [-0.39, 0.29) is 5.56 Å². The van der Waals surface area contributed by atoms with Crippen molar-refractivity contribution in [1.82, 2.24) is 0 Å². The number of aliphatic hydroxyl groups excluding tert-OH is 1. The fraction of sp³-hybridized carbons (Fsp3) is 0.300. The summed E-state index contributed by atoms with van der Waals surface area (Å²) in [6, 6.07) is 3.72. The van der Waals surface area contributed by atoms with Gasteiger partial charge in [0, 0.05) is 10.9 Å². The summed E-state index contributed by atoms with van der Waals surface area (Å²) in [5, 5.41) is 17.6. The SMILES string of the molecule is O=C(O)C(O)Cc1ccc(Br)cc1OC(F)(F)F. The second-order valence-corrected chi connectivity index (χ2v) is 4.27. The lowest BCUT2D eigenvalue weighted by atomic mass is 10.1. The molecule has 100 valence electrons. The third-order valence-electron chi connectivity index (χ3n) is 1.95. The number of hydrogen-bond donors (Lipinski definition) is 2. The molecule has 0 heterocycles. The first-order valence-electron chi connectivity index (χ1n) is 4.64. The predicted molar refractivity (Wildman–Crippen MR) is 58.2 cm³/mol. The molecule has 0 saturated heterocycles. The van der Waals surface area contributed by atoms with E-state index in [0.717, 1.165) is 6.07 Å². The van der Waals surface area contributed by atoms with E-state index in [1.165, 1.54) is 12.1 Å². The first-order valence-corrected chi connectivity index (χ1v) is 5.43. The molecule has 0 bridgehead atoms. The smallest absolute Gasteiger partial charge is 0.479 e. The van der Waals surface area contributed by atoms with Crippen molar-refractivity contribution in [2.24, 2.45) is 0 Å². The Morgan fingerprint density at radius 3 is 2.56 bits per heavy atom. The van der Waals surface area contributed by atoms with Crippen molar-refractivity contribution in [1.29, 1.82) is 0 Å². The van der Waals surface area contributed by atoms with Gasteiger partial charge in [-0.3, -0.25) is 0 Å². The molecular weight excluding hydrogens is 321 g/mol. The number of aliphatic carboxylic acids is 1. The maximum Gasteiger partial charge on any atom is 0.573 e. The first kappa shape index (κ1) is 14.8. The van der Waals surface area contributed by atoms with Gasteiger partial charge in [-0.05, 0) is 17.7 Å². The van der Waals surface area contributed by atoms with Gasteiger partial charge in [-0.2, -0.15) is 0 Å². The monoisotopic (exact) mass is 328 g/mol. The van der Waals surface area contributed by atoms with Crippen LogP contribution in [-0.4, -0.2) is 28.6 Å². The zero-order valence-corrected chi connectivity index (χ0v) is 10.3. The molecule has 8 heteroatoms. The molecular formula is C10H8BrF3O4. The van der Waals surface area contributed by atoms with E-state index in [9.17, 15) is 18.0 Å². The van der Waals surface area contributed by atoms with Crippen molar-refractivity contribution >= 4 is 21.9 Å². The quantitative estimate of drug-likeness (QED) is 0.890. The van der Waals surface area contributed by atoms with Gasteiger partial charge in [0.25, 0.3) is 0 Å². The molecule has 1 unspecified atom stereocenters. The average Bonchev–Trinajstić information content (AvgIpc) is 2.19. The summed E-state index contributed by atoms with van der Waals surface area (Å²) in [6.45, 7) is 0. The van der Waals surface area contributed by atoms with Gasteiger partial charge < -0.3 is 14.9 Å². The summed E-state index contributed by atoms with van der Waals surface area (Å²) in [5.41, 5.74) is -0.0505. The molecule has 1 aromatic rings. The fourth-order valence-electron chi connectivity index (χ4n) is 1.21. The van der Waals surface area contributed by atoms with Crippen LogP contribution in [0.1, 0.15) is 5.56 Å². The van der Waals surface area contributed by atoms with Gasteiger partial charge in [-0.25, -0.2) is 4.79 Å². The molecule has 1 aromatic carbocycles. The number of benzene rings is 1. The molecule has 1 rings (SSSR count). The molecule has 18 heavy (non-hydrogen) atoms. The Bertz CT molecular complexity index is 447. The van der Waals surface area contributed by atoms with Crippen molar-refractivity contribution in [3.8, 4) is 5.75 Å².